The molecule has 1 aliphatic heterocycles. The van der Waals surface area contributed by atoms with E-state index in [4.69, 9.17) is 4.74 Å². The average Bonchev–Trinajstić information content (AvgIpc) is 2.84. The summed E-state index contributed by atoms with van der Waals surface area (Å²) in [4.78, 5) is 27.3. The van der Waals surface area contributed by atoms with Crippen LogP contribution in [0.5, 0.6) is 5.75 Å². The van der Waals surface area contributed by atoms with E-state index < -0.39 is 11.5 Å². The van der Waals surface area contributed by atoms with Crippen LogP contribution in [-0.2, 0) is 10.4 Å². The van der Waals surface area contributed by atoms with E-state index in [1.807, 2.05) is 19.9 Å². The normalized spacial score (nSPS) is 18.5. The first kappa shape index (κ1) is 19.6. The zero-order chi connectivity index (χ0) is 19.6. The Morgan fingerprint density at radius 1 is 1.19 bits per heavy atom. The number of carbonyl (C=O) groups excluding carboxylic acids is 2. The van der Waals surface area contributed by atoms with Crippen LogP contribution in [0, 0.1) is 0 Å². The predicted octanol–water partition coefficient (Wildman–Crippen LogP) is 4.07. The van der Waals surface area contributed by atoms with Gasteiger partial charge in [0.1, 0.15) is 5.75 Å². The lowest BCUT2D eigenvalue weighted by atomic mass is 9.88. The molecule has 0 saturated carbocycles. The number of rotatable bonds is 7. The summed E-state index contributed by atoms with van der Waals surface area (Å²) in [5.41, 5.74) is -0.295. The number of hydrogen-bond acceptors (Lipinski definition) is 4. The molecule has 3 rings (SSSR count). The van der Waals surface area contributed by atoms with Gasteiger partial charge in [-0.3, -0.25) is 9.59 Å². The van der Waals surface area contributed by atoms with Crippen molar-refractivity contribution in [1.29, 1.82) is 0 Å². The molecule has 2 aromatic rings. The fourth-order valence-corrected chi connectivity index (χ4v) is 3.74. The van der Waals surface area contributed by atoms with E-state index in [9.17, 15) is 14.7 Å². The number of carbonyl (C=O) groups is 2. The van der Waals surface area contributed by atoms with Gasteiger partial charge in [-0.05, 0) is 55.8 Å². The molecule has 1 amide bonds. The van der Waals surface area contributed by atoms with Crippen molar-refractivity contribution in [2.75, 3.05) is 18.1 Å². The molecule has 0 saturated heterocycles. The van der Waals surface area contributed by atoms with Gasteiger partial charge in [-0.15, -0.1) is 0 Å². The highest BCUT2D eigenvalue weighted by molar-refractivity contribution is 9.10. The number of fused-ring (bicyclic) bond motifs is 1. The third kappa shape index (κ3) is 3.64. The molecule has 0 unspecified atom stereocenters. The minimum absolute atomic E-state index is 0.293. The monoisotopic (exact) mass is 431 g/mol. The highest BCUT2D eigenvalue weighted by Crippen LogP contribution is 2.44. The van der Waals surface area contributed by atoms with Crippen LogP contribution in [0.25, 0.3) is 0 Å². The second-order valence-corrected chi connectivity index (χ2v) is 7.45. The van der Waals surface area contributed by atoms with Gasteiger partial charge in [-0.2, -0.15) is 0 Å². The fourth-order valence-electron chi connectivity index (χ4n) is 3.38. The van der Waals surface area contributed by atoms with Crippen LogP contribution in [0.15, 0.2) is 46.9 Å². The molecule has 27 heavy (non-hydrogen) atoms. The number of amides is 1. The molecule has 1 heterocycles. The summed E-state index contributed by atoms with van der Waals surface area (Å²) in [6.45, 7) is 4.89. The Hall–Kier alpha value is -2.18. The standard InChI is InChI=1S/C21H22BrNO4/c1-3-11-23-18-10-7-15(22)12-17(18)21(26,20(23)25)13-19(24)14-5-8-16(9-6-14)27-4-2/h5-10,12,26H,3-4,11,13H2,1-2H3/t21-/m1/s1. The van der Waals surface area contributed by atoms with Crippen LogP contribution in [0.2, 0.25) is 0 Å². The van der Waals surface area contributed by atoms with E-state index in [1.165, 1.54) is 0 Å². The van der Waals surface area contributed by atoms with Crippen molar-refractivity contribution in [3.8, 4) is 5.75 Å². The third-order valence-electron chi connectivity index (χ3n) is 4.64. The number of nitrogens with zero attached hydrogens (tertiary/aromatic N) is 1. The SMILES string of the molecule is CCCN1C(=O)[C@@](O)(CC(=O)c2ccc(OCC)cc2)c2cc(Br)ccc21. The average molecular weight is 432 g/mol. The van der Waals surface area contributed by atoms with Gasteiger partial charge in [0.15, 0.2) is 11.4 Å². The number of hydrogen-bond donors (Lipinski definition) is 1. The van der Waals surface area contributed by atoms with Crippen molar-refractivity contribution in [3.63, 3.8) is 0 Å². The Balaban J connectivity index is 1.92. The van der Waals surface area contributed by atoms with Crippen LogP contribution in [0.1, 0.15) is 42.6 Å². The summed E-state index contributed by atoms with van der Waals surface area (Å²) in [6, 6.07) is 12.1. The molecule has 0 radical (unpaired) electrons. The number of anilines is 1. The number of ketones is 1. The molecular formula is C21H22BrNO4. The summed E-state index contributed by atoms with van der Waals surface area (Å²) in [6.07, 6.45) is 0.452. The molecule has 142 valence electrons. The molecule has 6 heteroatoms. The van der Waals surface area contributed by atoms with Crippen LogP contribution in [-0.4, -0.2) is 29.9 Å². The Kier molecular flexibility index (Phi) is 5.67. The molecule has 0 aliphatic carbocycles. The number of benzene rings is 2. The summed E-state index contributed by atoms with van der Waals surface area (Å²) >= 11 is 3.39. The lowest BCUT2D eigenvalue weighted by Crippen LogP contribution is -2.42. The first-order valence-electron chi connectivity index (χ1n) is 9.01. The molecule has 0 fully saturated rings. The maximum Gasteiger partial charge on any atom is 0.264 e. The number of aliphatic hydroxyl groups is 1. The molecular weight excluding hydrogens is 410 g/mol. The first-order chi connectivity index (χ1) is 12.9. The molecule has 5 nitrogen and oxygen atoms in total. The van der Waals surface area contributed by atoms with Crippen LogP contribution >= 0.6 is 15.9 Å². The van der Waals surface area contributed by atoms with Crippen LogP contribution < -0.4 is 9.64 Å². The smallest absolute Gasteiger partial charge is 0.264 e. The molecule has 1 atom stereocenters. The van der Waals surface area contributed by atoms with Gasteiger partial charge >= 0.3 is 0 Å². The maximum atomic E-state index is 13.0. The van der Waals surface area contributed by atoms with Crippen molar-refractivity contribution < 1.29 is 19.4 Å². The molecule has 1 aliphatic rings. The quantitative estimate of drug-likeness (QED) is 0.670. The van der Waals surface area contributed by atoms with Crippen molar-refractivity contribution in [3.05, 3.63) is 58.1 Å². The van der Waals surface area contributed by atoms with Gasteiger partial charge in [-0.25, -0.2) is 0 Å². The van der Waals surface area contributed by atoms with Crippen molar-refractivity contribution >= 4 is 33.3 Å². The van der Waals surface area contributed by atoms with Gasteiger partial charge in [0.25, 0.3) is 5.91 Å². The minimum Gasteiger partial charge on any atom is -0.494 e. The van der Waals surface area contributed by atoms with Crippen molar-refractivity contribution in [2.24, 2.45) is 0 Å². The lowest BCUT2D eigenvalue weighted by molar-refractivity contribution is -0.135. The maximum absolute atomic E-state index is 13.0. The predicted molar refractivity (Wildman–Crippen MR) is 107 cm³/mol. The van der Waals surface area contributed by atoms with Gasteiger partial charge in [0, 0.05) is 22.1 Å². The number of ether oxygens (including phenoxy) is 1. The molecule has 2 aromatic carbocycles. The van der Waals surface area contributed by atoms with E-state index >= 15 is 0 Å². The fraction of sp³-hybridized carbons (Fsp3) is 0.333. The lowest BCUT2D eigenvalue weighted by Gasteiger charge is -2.22. The van der Waals surface area contributed by atoms with E-state index in [1.54, 1.807) is 41.3 Å². The van der Waals surface area contributed by atoms with E-state index in [2.05, 4.69) is 15.9 Å². The van der Waals surface area contributed by atoms with Gasteiger partial charge in [0.2, 0.25) is 0 Å². The molecule has 0 spiro atoms. The topological polar surface area (TPSA) is 66.8 Å². The summed E-state index contributed by atoms with van der Waals surface area (Å²) in [5, 5.41) is 11.2. The van der Waals surface area contributed by atoms with E-state index in [0.717, 1.165) is 10.9 Å². The minimum atomic E-state index is -1.86. The van der Waals surface area contributed by atoms with Crippen molar-refractivity contribution in [1.82, 2.24) is 0 Å². The third-order valence-corrected chi connectivity index (χ3v) is 5.14. The summed E-state index contributed by atoms with van der Waals surface area (Å²) < 4.78 is 6.13. The Morgan fingerprint density at radius 3 is 2.52 bits per heavy atom. The largest absolute Gasteiger partial charge is 0.494 e. The summed E-state index contributed by atoms with van der Waals surface area (Å²) in [5.74, 6) is -0.0667. The molecule has 0 bridgehead atoms. The number of halogens is 1. The molecule has 1 N–H and O–H groups in total. The molecule has 0 aromatic heterocycles. The van der Waals surface area contributed by atoms with E-state index in [-0.39, 0.29) is 12.2 Å². The van der Waals surface area contributed by atoms with Crippen LogP contribution in [0.4, 0.5) is 5.69 Å². The summed E-state index contributed by atoms with van der Waals surface area (Å²) in [7, 11) is 0. The van der Waals surface area contributed by atoms with Crippen molar-refractivity contribution in [2.45, 2.75) is 32.3 Å². The highest BCUT2D eigenvalue weighted by atomic mass is 79.9. The van der Waals surface area contributed by atoms with E-state index in [0.29, 0.717) is 35.7 Å². The van der Waals surface area contributed by atoms with Gasteiger partial charge < -0.3 is 14.7 Å². The Bertz CT molecular complexity index is 865. The zero-order valence-electron chi connectivity index (χ0n) is 15.4. The zero-order valence-corrected chi connectivity index (χ0v) is 17.0. The second kappa shape index (κ2) is 7.82. The number of Topliss-reactive ketones (excluding diaryl/α,β-unsaturated/α-hetero) is 1. The van der Waals surface area contributed by atoms with Crippen LogP contribution in [0.3, 0.4) is 0 Å². The first-order valence-corrected chi connectivity index (χ1v) is 9.80. The Morgan fingerprint density at radius 2 is 1.89 bits per heavy atom. The van der Waals surface area contributed by atoms with Gasteiger partial charge in [0.05, 0.1) is 18.7 Å². The van der Waals surface area contributed by atoms with Gasteiger partial charge in [-0.1, -0.05) is 22.9 Å². The highest BCUT2D eigenvalue weighted by Gasteiger charge is 2.50. The second-order valence-electron chi connectivity index (χ2n) is 6.54. The Labute approximate surface area is 167 Å².